The van der Waals surface area contributed by atoms with Crippen LogP contribution in [0.4, 0.5) is 8.78 Å². The van der Waals surface area contributed by atoms with Crippen LogP contribution in [0.15, 0.2) is 0 Å². The molecular formula is C9H15F2NO. The van der Waals surface area contributed by atoms with Gasteiger partial charge in [-0.2, -0.15) is 8.78 Å². The Kier molecular flexibility index (Phi) is 2.88. The second kappa shape index (κ2) is 3.60. The summed E-state index contributed by atoms with van der Waals surface area (Å²) in [4.78, 5) is 10.5. The van der Waals surface area contributed by atoms with Crippen LogP contribution in [0.2, 0.25) is 0 Å². The number of hydrogen-bond donors (Lipinski definition) is 1. The van der Waals surface area contributed by atoms with Gasteiger partial charge in [-0.3, -0.25) is 4.79 Å². The van der Waals surface area contributed by atoms with Gasteiger partial charge in [-0.1, -0.05) is 19.8 Å². The lowest BCUT2D eigenvalue weighted by atomic mass is 9.79. The third-order valence-electron chi connectivity index (χ3n) is 2.86. The Labute approximate surface area is 76.5 Å². The zero-order valence-corrected chi connectivity index (χ0v) is 7.72. The van der Waals surface area contributed by atoms with Gasteiger partial charge in [-0.15, -0.1) is 0 Å². The normalized spacial score (nSPS) is 30.1. The van der Waals surface area contributed by atoms with Crippen molar-refractivity contribution in [1.82, 2.24) is 0 Å². The molecule has 1 fully saturated rings. The molecule has 0 saturated heterocycles. The van der Waals surface area contributed by atoms with E-state index in [9.17, 15) is 13.6 Å². The van der Waals surface area contributed by atoms with Gasteiger partial charge >= 0.3 is 5.92 Å². The molecule has 0 aromatic rings. The molecule has 0 spiro atoms. The fraction of sp³-hybridized carbons (Fsp3) is 0.889. The van der Waals surface area contributed by atoms with Crippen molar-refractivity contribution in [1.29, 1.82) is 0 Å². The number of amides is 1. The van der Waals surface area contributed by atoms with E-state index in [1.807, 2.05) is 6.92 Å². The molecule has 2 N–H and O–H groups in total. The first-order valence-corrected chi connectivity index (χ1v) is 4.62. The Morgan fingerprint density at radius 1 is 1.31 bits per heavy atom. The minimum atomic E-state index is -3.31. The number of carbonyl (C=O) groups is 1. The van der Waals surface area contributed by atoms with Gasteiger partial charge in [-0.25, -0.2) is 0 Å². The monoisotopic (exact) mass is 191 g/mol. The summed E-state index contributed by atoms with van der Waals surface area (Å²) in [6, 6.07) is 0. The van der Waals surface area contributed by atoms with Crippen LogP contribution >= 0.6 is 0 Å². The number of halogens is 2. The molecule has 1 saturated carbocycles. The van der Waals surface area contributed by atoms with Crippen LogP contribution < -0.4 is 5.73 Å². The maximum absolute atomic E-state index is 13.1. The van der Waals surface area contributed by atoms with Crippen molar-refractivity contribution >= 4 is 5.91 Å². The zero-order chi connectivity index (χ0) is 10.1. The molecule has 0 bridgehead atoms. The maximum atomic E-state index is 13.1. The lowest BCUT2D eigenvalue weighted by molar-refractivity contribution is -0.152. The van der Waals surface area contributed by atoms with Gasteiger partial charge < -0.3 is 5.73 Å². The fourth-order valence-corrected chi connectivity index (χ4v) is 1.82. The standard InChI is InChI=1S/C9H15F2NO/c1-6-2-4-7(5-3-6)9(10,11)8(12)13/h6-7H,2-5H2,1H3,(H2,12,13). The van der Waals surface area contributed by atoms with E-state index in [2.05, 4.69) is 5.73 Å². The quantitative estimate of drug-likeness (QED) is 0.712. The van der Waals surface area contributed by atoms with Crippen LogP contribution in [0.25, 0.3) is 0 Å². The van der Waals surface area contributed by atoms with Crippen molar-refractivity contribution in [3.8, 4) is 0 Å². The summed E-state index contributed by atoms with van der Waals surface area (Å²) in [7, 11) is 0. The van der Waals surface area contributed by atoms with Crippen LogP contribution in [-0.4, -0.2) is 11.8 Å². The second-order valence-corrected chi connectivity index (χ2v) is 3.94. The Balaban J connectivity index is 2.58. The minimum absolute atomic E-state index is 0.414. The smallest absolute Gasteiger partial charge is 0.327 e. The summed E-state index contributed by atoms with van der Waals surface area (Å²) in [5, 5.41) is 0. The van der Waals surface area contributed by atoms with Gasteiger partial charge in [0.1, 0.15) is 0 Å². The van der Waals surface area contributed by atoms with Gasteiger partial charge in [0.15, 0.2) is 0 Å². The predicted molar refractivity (Wildman–Crippen MR) is 45.3 cm³/mol. The third kappa shape index (κ3) is 2.17. The third-order valence-corrected chi connectivity index (χ3v) is 2.86. The Bertz CT molecular complexity index is 198. The van der Waals surface area contributed by atoms with E-state index in [4.69, 9.17) is 0 Å². The summed E-state index contributed by atoms with van der Waals surface area (Å²) in [5.41, 5.74) is 4.65. The van der Waals surface area contributed by atoms with Crippen LogP contribution in [0.1, 0.15) is 32.6 Å². The minimum Gasteiger partial charge on any atom is -0.364 e. The van der Waals surface area contributed by atoms with Gasteiger partial charge in [-0.05, 0) is 18.8 Å². The van der Waals surface area contributed by atoms with Gasteiger partial charge in [0.2, 0.25) is 0 Å². The summed E-state index contributed by atoms with van der Waals surface area (Å²) in [6.45, 7) is 2.04. The highest BCUT2D eigenvalue weighted by Gasteiger charge is 2.46. The molecule has 1 aliphatic rings. The van der Waals surface area contributed by atoms with E-state index in [0.29, 0.717) is 18.8 Å². The average molecular weight is 191 g/mol. The lowest BCUT2D eigenvalue weighted by Gasteiger charge is -2.30. The topological polar surface area (TPSA) is 43.1 Å². The molecule has 1 rings (SSSR count). The summed E-state index contributed by atoms with van der Waals surface area (Å²) in [5.74, 6) is -5.12. The Hall–Kier alpha value is -0.670. The number of nitrogens with two attached hydrogens (primary N) is 1. The summed E-state index contributed by atoms with van der Waals surface area (Å²) in [6.07, 6.45) is 2.37. The largest absolute Gasteiger partial charge is 0.364 e. The Morgan fingerprint density at radius 3 is 2.15 bits per heavy atom. The molecule has 1 aliphatic carbocycles. The van der Waals surface area contributed by atoms with E-state index in [1.165, 1.54) is 0 Å². The van der Waals surface area contributed by atoms with Crippen molar-refractivity contribution in [3.05, 3.63) is 0 Å². The first-order valence-electron chi connectivity index (χ1n) is 4.62. The van der Waals surface area contributed by atoms with Crippen LogP contribution in [-0.2, 0) is 4.79 Å². The van der Waals surface area contributed by atoms with E-state index >= 15 is 0 Å². The average Bonchev–Trinajstić information content (AvgIpc) is 2.04. The molecule has 0 aliphatic heterocycles. The van der Waals surface area contributed by atoms with Crippen molar-refractivity contribution < 1.29 is 13.6 Å². The molecule has 4 heteroatoms. The van der Waals surface area contributed by atoms with Gasteiger partial charge in [0.05, 0.1) is 0 Å². The maximum Gasteiger partial charge on any atom is 0.327 e. The zero-order valence-electron chi connectivity index (χ0n) is 7.72. The molecule has 0 radical (unpaired) electrons. The van der Waals surface area contributed by atoms with Crippen molar-refractivity contribution in [3.63, 3.8) is 0 Å². The molecule has 0 atom stereocenters. The SMILES string of the molecule is CC1CCC(C(F)(F)C(N)=O)CC1. The highest BCUT2D eigenvalue weighted by atomic mass is 19.3. The van der Waals surface area contributed by atoms with Crippen LogP contribution in [0.3, 0.4) is 0 Å². The van der Waals surface area contributed by atoms with Gasteiger partial charge in [0.25, 0.3) is 5.91 Å². The van der Waals surface area contributed by atoms with Crippen molar-refractivity contribution in [2.45, 2.75) is 38.5 Å². The highest BCUT2D eigenvalue weighted by Crippen LogP contribution is 2.38. The van der Waals surface area contributed by atoms with Gasteiger partial charge in [0, 0.05) is 5.92 Å². The second-order valence-electron chi connectivity index (χ2n) is 3.94. The van der Waals surface area contributed by atoms with E-state index in [0.717, 1.165) is 12.8 Å². The Morgan fingerprint density at radius 2 is 1.77 bits per heavy atom. The van der Waals surface area contributed by atoms with Crippen molar-refractivity contribution in [2.24, 2.45) is 17.6 Å². The van der Waals surface area contributed by atoms with E-state index in [-0.39, 0.29) is 0 Å². The molecule has 2 nitrogen and oxygen atoms in total. The molecule has 1 amide bonds. The molecule has 13 heavy (non-hydrogen) atoms. The fourth-order valence-electron chi connectivity index (χ4n) is 1.82. The molecular weight excluding hydrogens is 176 g/mol. The van der Waals surface area contributed by atoms with Crippen LogP contribution in [0.5, 0.6) is 0 Å². The molecule has 0 aromatic carbocycles. The number of alkyl halides is 2. The number of primary amides is 1. The number of hydrogen-bond acceptors (Lipinski definition) is 1. The van der Waals surface area contributed by atoms with Crippen LogP contribution in [0, 0.1) is 11.8 Å². The van der Waals surface area contributed by atoms with E-state index in [1.54, 1.807) is 0 Å². The summed E-state index contributed by atoms with van der Waals surface area (Å²) < 4.78 is 26.2. The lowest BCUT2D eigenvalue weighted by Crippen LogP contribution is -2.43. The number of carbonyl (C=O) groups excluding carboxylic acids is 1. The molecule has 0 heterocycles. The molecule has 76 valence electrons. The summed E-state index contributed by atoms with van der Waals surface area (Å²) >= 11 is 0. The molecule has 0 unspecified atom stereocenters. The highest BCUT2D eigenvalue weighted by molar-refractivity contribution is 5.81. The number of rotatable bonds is 2. The first-order chi connectivity index (χ1) is 5.94. The predicted octanol–water partition coefficient (Wildman–Crippen LogP) is 1.93. The molecule has 0 aromatic heterocycles. The first kappa shape index (κ1) is 10.4. The van der Waals surface area contributed by atoms with E-state index < -0.39 is 17.7 Å². The van der Waals surface area contributed by atoms with Crippen molar-refractivity contribution in [2.75, 3.05) is 0 Å².